The van der Waals surface area contributed by atoms with Crippen LogP contribution in [0.15, 0.2) is 52.5 Å². The van der Waals surface area contributed by atoms with E-state index in [0.717, 1.165) is 64.0 Å². The second kappa shape index (κ2) is 7.30. The van der Waals surface area contributed by atoms with E-state index in [-0.39, 0.29) is 0 Å². The van der Waals surface area contributed by atoms with Crippen LogP contribution in [0.3, 0.4) is 0 Å². The number of fused-ring (bicyclic) bond motifs is 2. The zero-order valence-corrected chi connectivity index (χ0v) is 17.7. The first kappa shape index (κ1) is 17.7. The minimum Gasteiger partial charge on any atom is -0.362 e. The predicted octanol–water partition coefficient (Wildman–Crippen LogP) is 5.24. The highest BCUT2D eigenvalue weighted by Gasteiger charge is 2.19. The molecule has 1 aliphatic rings. The van der Waals surface area contributed by atoms with Crippen molar-refractivity contribution < 1.29 is 0 Å². The van der Waals surface area contributed by atoms with Crippen LogP contribution >= 0.6 is 22.7 Å². The second-order valence-corrected chi connectivity index (χ2v) is 8.88. The molecule has 6 nitrogen and oxygen atoms in total. The van der Waals surface area contributed by atoms with Gasteiger partial charge in [-0.3, -0.25) is 0 Å². The summed E-state index contributed by atoms with van der Waals surface area (Å²) in [5, 5.41) is 19.6. The summed E-state index contributed by atoms with van der Waals surface area (Å²) in [4.78, 5) is 10.8. The van der Waals surface area contributed by atoms with Crippen LogP contribution in [0, 0.1) is 0 Å². The Hall–Kier alpha value is -3.10. The Kier molecular flexibility index (Phi) is 4.32. The average Bonchev–Trinajstić information content (AvgIpc) is 3.57. The van der Waals surface area contributed by atoms with Gasteiger partial charge in [0.25, 0.3) is 0 Å². The number of nitrogens with zero attached hydrogens (tertiary/aromatic N) is 5. The Morgan fingerprint density at radius 3 is 2.80 bits per heavy atom. The molecular formula is C22H18N6S2. The first-order valence-electron chi connectivity index (χ1n) is 9.89. The second-order valence-electron chi connectivity index (χ2n) is 7.24. The van der Waals surface area contributed by atoms with Gasteiger partial charge in [0, 0.05) is 34.9 Å². The highest BCUT2D eigenvalue weighted by Crippen LogP contribution is 2.38. The summed E-state index contributed by atoms with van der Waals surface area (Å²) in [5.41, 5.74) is 3.37. The topological polar surface area (TPSA) is 68.5 Å². The summed E-state index contributed by atoms with van der Waals surface area (Å²) in [6, 6.07) is 12.5. The smallest absolute Gasteiger partial charge is 0.163 e. The molecule has 0 unspecified atom stereocenters. The third-order valence-corrected chi connectivity index (χ3v) is 6.95. The lowest BCUT2D eigenvalue weighted by Crippen LogP contribution is -2.09. The molecule has 148 valence electrons. The van der Waals surface area contributed by atoms with E-state index in [1.165, 1.54) is 5.56 Å². The SMILES string of the molecule is c1ccc(-c2csc3nc(-c4ccsc4)nc(NCc4nnc5n4CCC5)c23)cc1. The van der Waals surface area contributed by atoms with Gasteiger partial charge >= 0.3 is 0 Å². The number of rotatable bonds is 5. The maximum Gasteiger partial charge on any atom is 0.163 e. The highest BCUT2D eigenvalue weighted by molar-refractivity contribution is 7.17. The summed E-state index contributed by atoms with van der Waals surface area (Å²) in [5.74, 6) is 3.64. The van der Waals surface area contributed by atoms with E-state index in [9.17, 15) is 0 Å². The Bertz CT molecular complexity index is 1320. The number of nitrogens with one attached hydrogen (secondary N) is 1. The van der Waals surface area contributed by atoms with Crippen molar-refractivity contribution in [2.45, 2.75) is 25.9 Å². The van der Waals surface area contributed by atoms with E-state index in [2.05, 4.69) is 66.6 Å². The molecule has 1 aliphatic heterocycles. The lowest BCUT2D eigenvalue weighted by molar-refractivity contribution is 0.695. The van der Waals surface area contributed by atoms with E-state index in [0.29, 0.717) is 6.54 Å². The van der Waals surface area contributed by atoms with E-state index in [1.807, 2.05) is 6.07 Å². The molecule has 0 saturated heterocycles. The van der Waals surface area contributed by atoms with Crippen LogP contribution in [0.25, 0.3) is 32.7 Å². The number of thiophene rings is 2. The summed E-state index contributed by atoms with van der Waals surface area (Å²) >= 11 is 3.31. The van der Waals surface area contributed by atoms with Crippen LogP contribution in [0.4, 0.5) is 5.82 Å². The molecule has 0 saturated carbocycles. The van der Waals surface area contributed by atoms with E-state index < -0.39 is 0 Å². The molecule has 0 radical (unpaired) electrons. The minimum atomic E-state index is 0.590. The van der Waals surface area contributed by atoms with Crippen LogP contribution in [0.2, 0.25) is 0 Å². The number of hydrogen-bond donors (Lipinski definition) is 1. The van der Waals surface area contributed by atoms with Gasteiger partial charge in [0.05, 0.1) is 11.9 Å². The zero-order chi connectivity index (χ0) is 19.9. The zero-order valence-electron chi connectivity index (χ0n) is 16.1. The quantitative estimate of drug-likeness (QED) is 0.413. The average molecular weight is 431 g/mol. The van der Waals surface area contributed by atoms with Gasteiger partial charge in [-0.1, -0.05) is 30.3 Å². The van der Waals surface area contributed by atoms with Crippen LogP contribution in [-0.4, -0.2) is 24.7 Å². The first-order chi connectivity index (χ1) is 14.9. The molecule has 4 aromatic heterocycles. The van der Waals surface area contributed by atoms with E-state index in [4.69, 9.17) is 9.97 Å². The van der Waals surface area contributed by atoms with Gasteiger partial charge in [0.1, 0.15) is 16.5 Å². The molecule has 8 heteroatoms. The van der Waals surface area contributed by atoms with Crippen molar-refractivity contribution in [1.29, 1.82) is 0 Å². The standard InChI is InChI=1S/C22H18N6S2/c1-2-5-14(6-3-1)16-13-30-22-19(16)21(24-20(25-22)15-8-10-29-12-15)23-11-18-27-26-17-7-4-9-28(17)18/h1-3,5-6,8,10,12-13H,4,7,9,11H2,(H,23,24,25). The fraction of sp³-hybridized carbons (Fsp3) is 0.182. The summed E-state index contributed by atoms with van der Waals surface area (Å²) < 4.78 is 2.22. The first-order valence-corrected chi connectivity index (χ1v) is 11.7. The molecule has 30 heavy (non-hydrogen) atoms. The molecule has 0 amide bonds. The molecule has 0 aliphatic carbocycles. The maximum absolute atomic E-state index is 4.93. The van der Waals surface area contributed by atoms with Gasteiger partial charge in [0.2, 0.25) is 0 Å². The molecule has 0 spiro atoms. The Morgan fingerprint density at radius 2 is 1.93 bits per heavy atom. The van der Waals surface area contributed by atoms with Crippen molar-refractivity contribution in [3.05, 3.63) is 64.2 Å². The highest BCUT2D eigenvalue weighted by atomic mass is 32.1. The summed E-state index contributed by atoms with van der Waals surface area (Å²) in [6.07, 6.45) is 2.15. The molecule has 0 bridgehead atoms. The molecule has 0 atom stereocenters. The molecule has 5 heterocycles. The van der Waals surface area contributed by atoms with E-state index >= 15 is 0 Å². The largest absolute Gasteiger partial charge is 0.362 e. The lowest BCUT2D eigenvalue weighted by Gasteiger charge is -2.10. The van der Waals surface area contributed by atoms with Crippen molar-refractivity contribution >= 4 is 38.7 Å². The van der Waals surface area contributed by atoms with Gasteiger partial charge in [-0.2, -0.15) is 11.3 Å². The molecule has 1 N–H and O–H groups in total. The molecular weight excluding hydrogens is 412 g/mol. The fourth-order valence-electron chi connectivity index (χ4n) is 3.92. The van der Waals surface area contributed by atoms with Crippen LogP contribution in [0.5, 0.6) is 0 Å². The van der Waals surface area contributed by atoms with E-state index in [1.54, 1.807) is 22.7 Å². The van der Waals surface area contributed by atoms with Gasteiger partial charge < -0.3 is 9.88 Å². The Morgan fingerprint density at radius 1 is 1.00 bits per heavy atom. The number of aromatic nitrogens is 5. The Balaban J connectivity index is 1.46. The van der Waals surface area contributed by atoms with Crippen LogP contribution in [-0.2, 0) is 19.5 Å². The summed E-state index contributed by atoms with van der Waals surface area (Å²) in [7, 11) is 0. The van der Waals surface area contributed by atoms with Gasteiger partial charge in [0.15, 0.2) is 11.6 Å². The number of aryl methyl sites for hydroxylation is 1. The number of anilines is 1. The minimum absolute atomic E-state index is 0.590. The third-order valence-electron chi connectivity index (χ3n) is 5.40. The number of benzene rings is 1. The van der Waals surface area contributed by atoms with Gasteiger partial charge in [-0.25, -0.2) is 9.97 Å². The normalized spacial score (nSPS) is 13.1. The maximum atomic E-state index is 4.93. The van der Waals surface area contributed by atoms with Crippen molar-refractivity contribution in [2.75, 3.05) is 5.32 Å². The molecule has 6 rings (SSSR count). The lowest BCUT2D eigenvalue weighted by atomic mass is 10.1. The van der Waals surface area contributed by atoms with Crippen molar-refractivity contribution in [1.82, 2.24) is 24.7 Å². The van der Waals surface area contributed by atoms with Crippen molar-refractivity contribution in [2.24, 2.45) is 0 Å². The fourth-order valence-corrected chi connectivity index (χ4v) is 5.51. The predicted molar refractivity (Wildman–Crippen MR) is 122 cm³/mol. The van der Waals surface area contributed by atoms with Crippen molar-refractivity contribution in [3.63, 3.8) is 0 Å². The molecule has 0 fully saturated rings. The molecule has 5 aromatic rings. The Labute approximate surface area is 181 Å². The van der Waals surface area contributed by atoms with Gasteiger partial charge in [-0.15, -0.1) is 21.5 Å². The van der Waals surface area contributed by atoms with Crippen LogP contribution < -0.4 is 5.32 Å². The monoisotopic (exact) mass is 430 g/mol. The summed E-state index contributed by atoms with van der Waals surface area (Å²) in [6.45, 7) is 1.58. The van der Waals surface area contributed by atoms with Gasteiger partial charge in [-0.05, 0) is 23.4 Å². The van der Waals surface area contributed by atoms with Crippen molar-refractivity contribution in [3.8, 4) is 22.5 Å². The number of hydrogen-bond acceptors (Lipinski definition) is 7. The van der Waals surface area contributed by atoms with Crippen LogP contribution in [0.1, 0.15) is 18.1 Å². The third kappa shape index (κ3) is 3.00. The molecule has 1 aromatic carbocycles.